The van der Waals surface area contributed by atoms with Crippen LogP contribution in [0.25, 0.3) is 0 Å². The number of carboxylic acid groups (broad SMARTS) is 1. The Morgan fingerprint density at radius 3 is 2.16 bits per heavy atom. The molecular weight excluding hydrogens is 242 g/mol. The molecule has 0 radical (unpaired) electrons. The lowest BCUT2D eigenvalue weighted by molar-refractivity contribution is -0.149. The van der Waals surface area contributed by atoms with Gasteiger partial charge < -0.3 is 10.4 Å². The van der Waals surface area contributed by atoms with Crippen LogP contribution in [0.15, 0.2) is 0 Å². The minimum atomic E-state index is -1.00. The second-order valence-electron chi connectivity index (χ2n) is 6.31. The zero-order chi connectivity index (χ0) is 13.9. The first kappa shape index (κ1) is 14.4. The lowest BCUT2D eigenvalue weighted by Crippen LogP contribution is -2.55. The molecule has 0 bridgehead atoms. The van der Waals surface area contributed by atoms with E-state index in [1.165, 1.54) is 0 Å². The van der Waals surface area contributed by atoms with Gasteiger partial charge in [0.2, 0.25) is 5.91 Å². The Hall–Kier alpha value is -1.06. The highest BCUT2D eigenvalue weighted by Crippen LogP contribution is 2.33. The van der Waals surface area contributed by atoms with Crippen molar-refractivity contribution in [3.05, 3.63) is 0 Å². The van der Waals surface area contributed by atoms with E-state index in [0.717, 1.165) is 44.9 Å². The minimum Gasteiger partial charge on any atom is -0.480 e. The predicted molar refractivity (Wildman–Crippen MR) is 72.7 cm³/mol. The van der Waals surface area contributed by atoms with E-state index in [4.69, 9.17) is 0 Å². The van der Waals surface area contributed by atoms with Crippen LogP contribution in [0, 0.1) is 11.8 Å². The smallest absolute Gasteiger partial charge is 0.329 e. The first-order chi connectivity index (χ1) is 9.05. The van der Waals surface area contributed by atoms with Gasteiger partial charge in [-0.2, -0.15) is 0 Å². The molecule has 0 saturated heterocycles. The van der Waals surface area contributed by atoms with Gasteiger partial charge in [0.15, 0.2) is 0 Å². The lowest BCUT2D eigenvalue weighted by Gasteiger charge is -2.31. The van der Waals surface area contributed by atoms with Gasteiger partial charge in [0.05, 0.1) is 0 Å². The van der Waals surface area contributed by atoms with Gasteiger partial charge in [-0.1, -0.05) is 39.0 Å². The van der Waals surface area contributed by atoms with Crippen LogP contribution in [0.2, 0.25) is 0 Å². The maximum absolute atomic E-state index is 12.4. The third kappa shape index (κ3) is 3.10. The Morgan fingerprint density at radius 1 is 1.05 bits per heavy atom. The molecule has 1 amide bonds. The molecule has 108 valence electrons. The highest BCUT2D eigenvalue weighted by atomic mass is 16.4. The van der Waals surface area contributed by atoms with Crippen molar-refractivity contribution in [2.75, 3.05) is 0 Å². The third-order valence-electron chi connectivity index (χ3n) is 4.93. The van der Waals surface area contributed by atoms with Crippen molar-refractivity contribution in [3.8, 4) is 0 Å². The monoisotopic (exact) mass is 267 g/mol. The molecule has 0 heterocycles. The molecule has 0 aromatic rings. The van der Waals surface area contributed by atoms with E-state index in [1.54, 1.807) is 0 Å². The quantitative estimate of drug-likeness (QED) is 0.773. The van der Waals surface area contributed by atoms with Gasteiger partial charge in [0.1, 0.15) is 5.54 Å². The van der Waals surface area contributed by atoms with Gasteiger partial charge in [0.25, 0.3) is 0 Å². The molecule has 2 rings (SSSR count). The highest BCUT2D eigenvalue weighted by Gasteiger charge is 2.42. The zero-order valence-corrected chi connectivity index (χ0v) is 11.8. The van der Waals surface area contributed by atoms with Crippen molar-refractivity contribution in [2.45, 2.75) is 70.3 Å². The Labute approximate surface area is 115 Å². The molecule has 2 saturated carbocycles. The molecule has 2 fully saturated rings. The number of carbonyl (C=O) groups is 2. The maximum Gasteiger partial charge on any atom is 0.329 e. The summed E-state index contributed by atoms with van der Waals surface area (Å²) < 4.78 is 0. The van der Waals surface area contributed by atoms with Crippen molar-refractivity contribution in [1.82, 2.24) is 5.32 Å². The van der Waals surface area contributed by atoms with Crippen LogP contribution < -0.4 is 5.32 Å². The number of aliphatic carboxylic acids is 1. The van der Waals surface area contributed by atoms with Crippen LogP contribution in [0.3, 0.4) is 0 Å². The Morgan fingerprint density at radius 2 is 1.68 bits per heavy atom. The highest BCUT2D eigenvalue weighted by molar-refractivity contribution is 5.88. The van der Waals surface area contributed by atoms with Crippen molar-refractivity contribution < 1.29 is 14.7 Å². The van der Waals surface area contributed by atoms with Crippen LogP contribution in [-0.4, -0.2) is 22.5 Å². The summed E-state index contributed by atoms with van der Waals surface area (Å²) in [5.74, 6) is -0.487. The minimum absolute atomic E-state index is 0.0134. The van der Waals surface area contributed by atoms with E-state index in [-0.39, 0.29) is 11.8 Å². The van der Waals surface area contributed by atoms with Crippen LogP contribution in [0.4, 0.5) is 0 Å². The molecule has 19 heavy (non-hydrogen) atoms. The number of carboxylic acids is 1. The molecule has 0 aromatic heterocycles. The number of hydrogen-bond donors (Lipinski definition) is 2. The summed E-state index contributed by atoms with van der Waals surface area (Å²) in [6.07, 6.45) is 8.17. The lowest BCUT2D eigenvalue weighted by atomic mass is 9.88. The van der Waals surface area contributed by atoms with Crippen molar-refractivity contribution in [2.24, 2.45) is 11.8 Å². The van der Waals surface area contributed by atoms with Gasteiger partial charge in [0, 0.05) is 5.92 Å². The van der Waals surface area contributed by atoms with Crippen LogP contribution in [0.1, 0.15) is 64.7 Å². The van der Waals surface area contributed by atoms with E-state index >= 15 is 0 Å². The fourth-order valence-electron chi connectivity index (χ4n) is 3.59. The first-order valence-corrected chi connectivity index (χ1v) is 7.60. The molecule has 2 aliphatic rings. The first-order valence-electron chi connectivity index (χ1n) is 7.60. The molecule has 2 aliphatic carbocycles. The van der Waals surface area contributed by atoms with Crippen molar-refractivity contribution >= 4 is 11.9 Å². The molecule has 0 aliphatic heterocycles. The van der Waals surface area contributed by atoms with Crippen LogP contribution >= 0.6 is 0 Å². The van der Waals surface area contributed by atoms with Crippen molar-refractivity contribution in [1.29, 1.82) is 0 Å². The molecule has 0 aromatic carbocycles. The SMILES string of the molecule is CC1CCCC1C(=O)NC1(C(=O)O)CCCCCC1. The molecule has 2 atom stereocenters. The zero-order valence-electron chi connectivity index (χ0n) is 11.8. The van der Waals surface area contributed by atoms with E-state index in [9.17, 15) is 14.7 Å². The topological polar surface area (TPSA) is 66.4 Å². The standard InChI is InChI=1S/C15H25NO3/c1-11-7-6-8-12(11)13(17)16-15(14(18)19)9-4-2-3-5-10-15/h11-12H,2-10H2,1H3,(H,16,17)(H,18,19). The summed E-state index contributed by atoms with van der Waals surface area (Å²) in [6.45, 7) is 2.10. The Balaban J connectivity index is 2.07. The fourth-order valence-corrected chi connectivity index (χ4v) is 3.59. The van der Waals surface area contributed by atoms with E-state index in [2.05, 4.69) is 12.2 Å². The predicted octanol–water partition coefficient (Wildman–Crippen LogP) is 2.72. The number of hydrogen-bond acceptors (Lipinski definition) is 2. The van der Waals surface area contributed by atoms with Gasteiger partial charge in [-0.05, 0) is 31.6 Å². The summed E-state index contributed by atoms with van der Waals surface area (Å²) in [7, 11) is 0. The summed E-state index contributed by atoms with van der Waals surface area (Å²) in [5, 5.41) is 12.5. The van der Waals surface area contributed by atoms with Crippen LogP contribution in [-0.2, 0) is 9.59 Å². The van der Waals surface area contributed by atoms with Gasteiger partial charge in [-0.3, -0.25) is 4.79 Å². The number of carbonyl (C=O) groups excluding carboxylic acids is 1. The van der Waals surface area contributed by atoms with Gasteiger partial charge in [-0.25, -0.2) is 4.79 Å². The second kappa shape index (κ2) is 5.93. The van der Waals surface area contributed by atoms with Gasteiger partial charge >= 0.3 is 5.97 Å². The fraction of sp³-hybridized carbons (Fsp3) is 0.867. The molecule has 0 spiro atoms. The Kier molecular flexibility index (Phi) is 4.48. The number of amides is 1. The maximum atomic E-state index is 12.4. The summed E-state index contributed by atoms with van der Waals surface area (Å²) in [6, 6.07) is 0. The van der Waals surface area contributed by atoms with E-state index in [1.807, 2.05) is 0 Å². The average Bonchev–Trinajstić information content (AvgIpc) is 2.64. The number of rotatable bonds is 3. The largest absolute Gasteiger partial charge is 0.480 e. The van der Waals surface area contributed by atoms with Gasteiger partial charge in [-0.15, -0.1) is 0 Å². The number of nitrogens with one attached hydrogen (secondary N) is 1. The normalized spacial score (nSPS) is 30.6. The average molecular weight is 267 g/mol. The second-order valence-corrected chi connectivity index (χ2v) is 6.31. The Bertz CT molecular complexity index is 345. The molecule has 4 nitrogen and oxygen atoms in total. The molecule has 2 N–H and O–H groups in total. The summed E-state index contributed by atoms with van der Waals surface area (Å²) in [4.78, 5) is 24.0. The van der Waals surface area contributed by atoms with Crippen LogP contribution in [0.5, 0.6) is 0 Å². The van der Waals surface area contributed by atoms with Crippen molar-refractivity contribution in [3.63, 3.8) is 0 Å². The van der Waals surface area contributed by atoms with E-state index < -0.39 is 11.5 Å². The third-order valence-corrected chi connectivity index (χ3v) is 4.93. The molecule has 4 heteroatoms. The molecule has 2 unspecified atom stereocenters. The van der Waals surface area contributed by atoms with E-state index in [0.29, 0.717) is 18.8 Å². The summed E-state index contributed by atoms with van der Waals surface area (Å²) >= 11 is 0. The molecular formula is C15H25NO3. The summed E-state index contributed by atoms with van der Waals surface area (Å²) in [5.41, 5.74) is -1.00.